The van der Waals surface area contributed by atoms with Gasteiger partial charge < -0.3 is 27.2 Å². The van der Waals surface area contributed by atoms with Gasteiger partial charge in [-0.3, -0.25) is 19.4 Å². The Labute approximate surface area is 154 Å². The number of carboxylic acids is 1. The van der Waals surface area contributed by atoms with Crippen LogP contribution in [0.15, 0.2) is 4.79 Å². The number of primary amides is 1. The molecular weight excluding hydrogens is 356 g/mol. The van der Waals surface area contributed by atoms with Gasteiger partial charge >= 0.3 is 5.97 Å². The van der Waals surface area contributed by atoms with Crippen LogP contribution in [0.3, 0.4) is 0 Å². The summed E-state index contributed by atoms with van der Waals surface area (Å²) in [5, 5.41) is 14.6. The van der Waals surface area contributed by atoms with Crippen LogP contribution < -0.4 is 27.7 Å². The molecule has 2 amide bonds. The Morgan fingerprint density at radius 2 is 2.07 bits per heavy atom. The molecule has 11 nitrogen and oxygen atoms in total. The van der Waals surface area contributed by atoms with Crippen LogP contribution in [0.2, 0.25) is 0 Å². The molecule has 148 valence electrons. The van der Waals surface area contributed by atoms with E-state index in [1.54, 1.807) is 0 Å². The van der Waals surface area contributed by atoms with Crippen molar-refractivity contribution < 1.29 is 19.5 Å². The predicted octanol–water partition coefficient (Wildman–Crippen LogP) is -1.06. The van der Waals surface area contributed by atoms with Gasteiger partial charge in [-0.25, -0.2) is 4.79 Å². The Balaban J connectivity index is 1.78. The highest BCUT2D eigenvalue weighted by Gasteiger charge is 2.23. The lowest BCUT2D eigenvalue weighted by molar-refractivity contribution is -0.142. The third-order valence-electron chi connectivity index (χ3n) is 4.41. The van der Waals surface area contributed by atoms with Gasteiger partial charge in [0.2, 0.25) is 17.8 Å². The molecule has 1 aromatic rings. The Hall–Kier alpha value is -3.11. The number of anilines is 2. The molecule has 2 atom stereocenters. The summed E-state index contributed by atoms with van der Waals surface area (Å²) in [7, 11) is 0. The minimum absolute atomic E-state index is 0.0430. The number of aromatic nitrogens is 2. The summed E-state index contributed by atoms with van der Waals surface area (Å²) >= 11 is 0. The van der Waals surface area contributed by atoms with Crippen LogP contribution in [0, 0.1) is 5.92 Å². The number of carbonyl (C=O) groups excluding carboxylic acids is 2. The number of fused-ring (bicyclic) bond motifs is 1. The van der Waals surface area contributed by atoms with Crippen molar-refractivity contribution in [2.75, 3.05) is 17.6 Å². The lowest BCUT2D eigenvalue weighted by Gasteiger charge is -2.24. The van der Waals surface area contributed by atoms with Crippen LogP contribution in [0.25, 0.3) is 0 Å². The van der Waals surface area contributed by atoms with E-state index in [4.69, 9.17) is 16.6 Å². The Bertz CT molecular complexity index is 777. The smallest absolute Gasteiger partial charge is 0.326 e. The minimum Gasteiger partial charge on any atom is -0.480 e. The molecule has 0 bridgehead atoms. The van der Waals surface area contributed by atoms with E-state index in [2.05, 4.69) is 20.6 Å². The number of nitrogens with zero attached hydrogens (tertiary/aromatic N) is 1. The zero-order chi connectivity index (χ0) is 20.0. The van der Waals surface area contributed by atoms with Crippen LogP contribution in [-0.2, 0) is 20.8 Å². The summed E-state index contributed by atoms with van der Waals surface area (Å²) in [6.07, 6.45) is 1.75. The lowest BCUT2D eigenvalue weighted by Crippen LogP contribution is -2.41. The van der Waals surface area contributed by atoms with E-state index in [1.807, 2.05) is 0 Å². The van der Waals surface area contributed by atoms with Gasteiger partial charge in [0.25, 0.3) is 5.56 Å². The fourth-order valence-electron chi connectivity index (χ4n) is 3.02. The maximum Gasteiger partial charge on any atom is 0.326 e. The number of hydrogen-bond acceptors (Lipinski definition) is 7. The fraction of sp³-hybridized carbons (Fsp3) is 0.562. The number of nitrogen functional groups attached to an aromatic ring is 1. The molecule has 0 unspecified atom stereocenters. The normalized spacial score (nSPS) is 16.7. The van der Waals surface area contributed by atoms with Crippen molar-refractivity contribution in [3.63, 3.8) is 0 Å². The number of amides is 2. The molecule has 2 heterocycles. The molecule has 1 aliphatic heterocycles. The molecule has 0 fully saturated rings. The summed E-state index contributed by atoms with van der Waals surface area (Å²) in [6.45, 7) is 0.612. The van der Waals surface area contributed by atoms with Gasteiger partial charge in [-0.15, -0.1) is 0 Å². The van der Waals surface area contributed by atoms with Crippen LogP contribution in [-0.4, -0.2) is 45.4 Å². The summed E-state index contributed by atoms with van der Waals surface area (Å²) in [5.74, 6) is -1.52. The number of carbonyl (C=O) groups is 3. The van der Waals surface area contributed by atoms with Crippen LogP contribution >= 0.6 is 0 Å². The molecule has 0 radical (unpaired) electrons. The van der Waals surface area contributed by atoms with Gasteiger partial charge in [0, 0.05) is 19.4 Å². The highest BCUT2D eigenvalue weighted by Crippen LogP contribution is 2.23. The van der Waals surface area contributed by atoms with E-state index in [0.717, 1.165) is 0 Å². The number of aliphatic carboxylic acids is 1. The van der Waals surface area contributed by atoms with Gasteiger partial charge in [0.15, 0.2) is 0 Å². The molecule has 8 N–H and O–H groups in total. The van der Waals surface area contributed by atoms with Crippen LogP contribution in [0.4, 0.5) is 11.8 Å². The van der Waals surface area contributed by atoms with E-state index in [-0.39, 0.29) is 36.7 Å². The molecular formula is C16H24N6O5. The Kier molecular flexibility index (Phi) is 6.74. The second kappa shape index (κ2) is 9.01. The number of carboxylic acid groups (broad SMARTS) is 1. The van der Waals surface area contributed by atoms with Gasteiger partial charge in [-0.2, -0.15) is 4.98 Å². The third kappa shape index (κ3) is 5.97. The number of nitrogens with one attached hydrogen (secondary N) is 3. The van der Waals surface area contributed by atoms with Gasteiger partial charge in [-0.1, -0.05) is 0 Å². The summed E-state index contributed by atoms with van der Waals surface area (Å²) in [6, 6.07) is -1.14. The lowest BCUT2D eigenvalue weighted by atomic mass is 9.92. The van der Waals surface area contributed by atoms with E-state index >= 15 is 0 Å². The molecule has 1 aliphatic rings. The molecule has 0 aliphatic carbocycles. The first-order valence-electron chi connectivity index (χ1n) is 8.69. The van der Waals surface area contributed by atoms with Crippen LogP contribution in [0.5, 0.6) is 0 Å². The molecule has 1 aromatic heterocycles. The number of hydrogen-bond donors (Lipinski definition) is 6. The predicted molar refractivity (Wildman–Crippen MR) is 96.8 cm³/mol. The van der Waals surface area contributed by atoms with Crippen molar-refractivity contribution in [1.82, 2.24) is 15.3 Å². The van der Waals surface area contributed by atoms with Crippen molar-refractivity contribution >= 4 is 29.5 Å². The van der Waals surface area contributed by atoms with Crippen LogP contribution in [0.1, 0.15) is 37.7 Å². The molecule has 0 aromatic carbocycles. The highest BCUT2D eigenvalue weighted by atomic mass is 16.4. The monoisotopic (exact) mass is 380 g/mol. The second-order valence-corrected chi connectivity index (χ2v) is 6.58. The number of aromatic amines is 1. The average molecular weight is 380 g/mol. The van der Waals surface area contributed by atoms with Gasteiger partial charge in [0.1, 0.15) is 11.9 Å². The zero-order valence-corrected chi connectivity index (χ0v) is 14.8. The second-order valence-electron chi connectivity index (χ2n) is 6.58. The maximum absolute atomic E-state index is 11.9. The summed E-state index contributed by atoms with van der Waals surface area (Å²) < 4.78 is 0. The molecule has 0 spiro atoms. The third-order valence-corrected chi connectivity index (χ3v) is 4.41. The fourth-order valence-corrected chi connectivity index (χ4v) is 3.02. The quantitative estimate of drug-likeness (QED) is 0.312. The van der Waals surface area contributed by atoms with Crippen molar-refractivity contribution in [1.29, 1.82) is 0 Å². The molecule has 0 saturated carbocycles. The minimum atomic E-state index is -1.20. The van der Waals surface area contributed by atoms with Gasteiger partial charge in [0.05, 0.1) is 5.56 Å². The standard InChI is InChI=1S/C16H24N6O5/c17-11(23)5-4-10(15(26)27)20-12(24)3-1-2-8-6-9-13(19-7-8)21-16(18)22-14(9)25/h8,10H,1-7H2,(H2,17,23)(H,20,24)(H,26,27)(H4,18,19,21,22,25)/t8-,10+/m1/s1. The van der Waals surface area contributed by atoms with Crippen molar-refractivity contribution in [2.45, 2.75) is 44.6 Å². The van der Waals surface area contributed by atoms with E-state index in [1.165, 1.54) is 0 Å². The average Bonchev–Trinajstić information content (AvgIpc) is 2.58. The van der Waals surface area contributed by atoms with Crippen molar-refractivity contribution in [2.24, 2.45) is 11.7 Å². The first-order chi connectivity index (χ1) is 12.8. The van der Waals surface area contributed by atoms with E-state index in [0.29, 0.717) is 37.2 Å². The topological polar surface area (TPSA) is 193 Å². The van der Waals surface area contributed by atoms with E-state index < -0.39 is 23.8 Å². The molecule has 0 saturated heterocycles. The Morgan fingerprint density at radius 3 is 2.74 bits per heavy atom. The number of rotatable bonds is 9. The summed E-state index contributed by atoms with van der Waals surface area (Å²) in [5.41, 5.74) is 10.8. The molecule has 11 heteroatoms. The molecule has 2 rings (SSSR count). The molecule has 27 heavy (non-hydrogen) atoms. The largest absolute Gasteiger partial charge is 0.480 e. The zero-order valence-electron chi connectivity index (χ0n) is 14.8. The van der Waals surface area contributed by atoms with Crippen molar-refractivity contribution in [3.05, 3.63) is 15.9 Å². The Morgan fingerprint density at radius 1 is 1.33 bits per heavy atom. The number of H-pyrrole nitrogens is 1. The first-order valence-corrected chi connectivity index (χ1v) is 8.69. The van der Waals surface area contributed by atoms with Crippen molar-refractivity contribution in [3.8, 4) is 0 Å². The SMILES string of the molecule is NC(=O)CC[C@H](NC(=O)CCC[C@H]1CNc2nc(N)[nH]c(=O)c2C1)C(=O)O. The number of nitrogens with two attached hydrogens (primary N) is 2. The maximum atomic E-state index is 11.9. The first kappa shape index (κ1) is 20.2. The van der Waals surface area contributed by atoms with Gasteiger partial charge in [-0.05, 0) is 31.6 Å². The highest BCUT2D eigenvalue weighted by molar-refractivity contribution is 5.84. The summed E-state index contributed by atoms with van der Waals surface area (Å²) in [4.78, 5) is 52.3. The van der Waals surface area contributed by atoms with E-state index in [9.17, 15) is 19.2 Å².